The Morgan fingerprint density at radius 1 is 1.00 bits per heavy atom. The van der Waals surface area contributed by atoms with Crippen LogP contribution in [0, 0.1) is 13.8 Å². The second kappa shape index (κ2) is 6.47. The van der Waals surface area contributed by atoms with Crippen LogP contribution in [0.25, 0.3) is 16.7 Å². The van der Waals surface area contributed by atoms with Gasteiger partial charge in [0.2, 0.25) is 0 Å². The Morgan fingerprint density at radius 2 is 1.67 bits per heavy atom. The smallest absolute Gasteiger partial charge is 0.198 e. The van der Waals surface area contributed by atoms with Gasteiger partial charge in [0.25, 0.3) is 0 Å². The van der Waals surface area contributed by atoms with E-state index in [1.807, 2.05) is 32.0 Å². The Labute approximate surface area is 164 Å². The number of Topliss-reactive ketones (excluding diaryl/α,β-unsaturated/α-hetero) is 1. The van der Waals surface area contributed by atoms with Crippen LogP contribution in [0.3, 0.4) is 0 Å². The van der Waals surface area contributed by atoms with Gasteiger partial charge in [0.15, 0.2) is 5.78 Å². The maximum absolute atomic E-state index is 13.1. The summed E-state index contributed by atoms with van der Waals surface area (Å²) in [5.41, 5.74) is 2.77. The SMILES string of the molecule is Cc1ccc(-c2cnc(Cl)cc2C)cc1C1=C(O)C(C)(C)OC(C)(C)C1=O. The summed E-state index contributed by atoms with van der Waals surface area (Å²) >= 11 is 5.97. The summed E-state index contributed by atoms with van der Waals surface area (Å²) in [5, 5.41) is 11.3. The lowest BCUT2D eigenvalue weighted by atomic mass is 9.81. The van der Waals surface area contributed by atoms with Gasteiger partial charge in [-0.2, -0.15) is 0 Å². The molecule has 0 atom stereocenters. The third-order valence-corrected chi connectivity index (χ3v) is 5.19. The molecule has 1 aliphatic rings. The molecule has 3 rings (SSSR count). The number of benzene rings is 1. The van der Waals surface area contributed by atoms with Gasteiger partial charge < -0.3 is 9.84 Å². The van der Waals surface area contributed by atoms with Crippen molar-refractivity contribution in [2.45, 2.75) is 52.7 Å². The van der Waals surface area contributed by atoms with Crippen molar-refractivity contribution >= 4 is 23.0 Å². The molecular formula is C22H24ClNO3. The number of rotatable bonds is 2. The molecular weight excluding hydrogens is 362 g/mol. The second-order valence-corrected chi connectivity index (χ2v) is 8.41. The van der Waals surface area contributed by atoms with E-state index in [0.717, 1.165) is 22.3 Å². The standard InChI is InChI=1S/C22H24ClNO3/c1-12-7-8-14(16-11-24-17(23)9-13(16)2)10-15(12)18-19(25)21(3,4)27-22(5,6)20(18)26/h7-11,25H,1-6H3. The van der Waals surface area contributed by atoms with E-state index in [0.29, 0.717) is 16.3 Å². The third kappa shape index (κ3) is 3.40. The van der Waals surface area contributed by atoms with E-state index in [1.54, 1.807) is 40.0 Å². The van der Waals surface area contributed by atoms with Crippen LogP contribution in [0.2, 0.25) is 5.15 Å². The molecule has 1 aromatic carbocycles. The van der Waals surface area contributed by atoms with E-state index < -0.39 is 11.2 Å². The first kappa shape index (κ1) is 19.6. The van der Waals surface area contributed by atoms with Crippen molar-refractivity contribution in [2.24, 2.45) is 0 Å². The van der Waals surface area contributed by atoms with Gasteiger partial charge in [-0.15, -0.1) is 0 Å². The van der Waals surface area contributed by atoms with Crippen LogP contribution in [0.4, 0.5) is 0 Å². The topological polar surface area (TPSA) is 59.4 Å². The molecule has 0 spiro atoms. The molecule has 2 aromatic rings. The van der Waals surface area contributed by atoms with E-state index >= 15 is 0 Å². The van der Waals surface area contributed by atoms with Crippen LogP contribution in [-0.2, 0) is 9.53 Å². The van der Waals surface area contributed by atoms with Gasteiger partial charge >= 0.3 is 0 Å². The number of hydrogen-bond donors (Lipinski definition) is 1. The van der Waals surface area contributed by atoms with Gasteiger partial charge in [0.05, 0.1) is 5.57 Å². The van der Waals surface area contributed by atoms with Crippen LogP contribution < -0.4 is 0 Å². The fraction of sp³-hybridized carbons (Fsp3) is 0.364. The van der Waals surface area contributed by atoms with Gasteiger partial charge in [-0.05, 0) is 75.9 Å². The summed E-state index contributed by atoms with van der Waals surface area (Å²) in [6.07, 6.45) is 1.72. The van der Waals surface area contributed by atoms with Crippen molar-refractivity contribution in [1.29, 1.82) is 0 Å². The number of hydrogen-bond acceptors (Lipinski definition) is 4. The molecule has 0 bridgehead atoms. The predicted octanol–water partition coefficient (Wildman–Crippen LogP) is 5.44. The summed E-state index contributed by atoms with van der Waals surface area (Å²) in [7, 11) is 0. The van der Waals surface area contributed by atoms with Gasteiger partial charge in [0, 0.05) is 11.8 Å². The molecule has 0 amide bonds. The van der Waals surface area contributed by atoms with Crippen molar-refractivity contribution in [3.05, 3.63) is 58.1 Å². The number of carbonyl (C=O) groups is 1. The third-order valence-electron chi connectivity index (χ3n) is 4.99. The number of aryl methyl sites for hydroxylation is 2. The van der Waals surface area contributed by atoms with E-state index in [1.165, 1.54) is 0 Å². The van der Waals surface area contributed by atoms with Gasteiger partial charge in [0.1, 0.15) is 22.1 Å². The molecule has 5 heteroatoms. The van der Waals surface area contributed by atoms with E-state index in [4.69, 9.17) is 16.3 Å². The summed E-state index contributed by atoms with van der Waals surface area (Å²) in [6.45, 7) is 10.9. The highest BCUT2D eigenvalue weighted by atomic mass is 35.5. The van der Waals surface area contributed by atoms with Crippen molar-refractivity contribution < 1.29 is 14.6 Å². The molecule has 0 aliphatic carbocycles. The lowest BCUT2D eigenvalue weighted by Crippen LogP contribution is -2.49. The van der Waals surface area contributed by atoms with Crippen molar-refractivity contribution in [1.82, 2.24) is 4.98 Å². The Bertz CT molecular complexity index is 974. The Kier molecular flexibility index (Phi) is 4.69. The van der Waals surface area contributed by atoms with Crippen molar-refractivity contribution in [3.63, 3.8) is 0 Å². The largest absolute Gasteiger partial charge is 0.508 e. The second-order valence-electron chi connectivity index (χ2n) is 8.03. The molecule has 0 saturated heterocycles. The van der Waals surface area contributed by atoms with Gasteiger partial charge in [-0.3, -0.25) is 4.79 Å². The van der Waals surface area contributed by atoms with Crippen LogP contribution in [0.15, 0.2) is 36.2 Å². The molecule has 2 heterocycles. The highest BCUT2D eigenvalue weighted by Gasteiger charge is 2.47. The quantitative estimate of drug-likeness (QED) is 0.699. The molecule has 1 N–H and O–H groups in total. The van der Waals surface area contributed by atoms with Crippen molar-refractivity contribution in [3.8, 4) is 11.1 Å². The lowest BCUT2D eigenvalue weighted by Gasteiger charge is -2.40. The van der Waals surface area contributed by atoms with Crippen LogP contribution in [-0.4, -0.2) is 27.1 Å². The van der Waals surface area contributed by atoms with E-state index in [-0.39, 0.29) is 11.5 Å². The Hall–Kier alpha value is -2.17. The zero-order chi connectivity index (χ0) is 20.1. The minimum atomic E-state index is -1.02. The van der Waals surface area contributed by atoms with Gasteiger partial charge in [-0.25, -0.2) is 4.98 Å². The molecule has 0 radical (unpaired) electrons. The fourth-order valence-corrected chi connectivity index (χ4v) is 3.79. The minimum Gasteiger partial charge on any atom is -0.508 e. The number of aliphatic hydroxyl groups is 1. The average Bonchev–Trinajstić information content (AvgIpc) is 2.55. The Balaban J connectivity index is 2.24. The van der Waals surface area contributed by atoms with Crippen molar-refractivity contribution in [2.75, 3.05) is 0 Å². The number of ether oxygens (including phenoxy) is 1. The Morgan fingerprint density at radius 3 is 2.30 bits per heavy atom. The normalized spacial score (nSPS) is 18.7. The maximum atomic E-state index is 13.1. The summed E-state index contributed by atoms with van der Waals surface area (Å²) in [6, 6.07) is 7.66. The zero-order valence-electron chi connectivity index (χ0n) is 16.5. The maximum Gasteiger partial charge on any atom is 0.198 e. The van der Waals surface area contributed by atoms with E-state index in [9.17, 15) is 9.90 Å². The molecule has 0 unspecified atom stereocenters. The molecule has 1 aliphatic heterocycles. The first-order valence-electron chi connectivity index (χ1n) is 8.86. The van der Waals surface area contributed by atoms with E-state index in [2.05, 4.69) is 4.98 Å². The summed E-state index contributed by atoms with van der Waals surface area (Å²) in [4.78, 5) is 17.3. The van der Waals surface area contributed by atoms with Crippen LogP contribution in [0.1, 0.15) is 44.4 Å². The molecule has 27 heavy (non-hydrogen) atoms. The fourth-order valence-electron chi connectivity index (χ4n) is 3.57. The monoisotopic (exact) mass is 385 g/mol. The highest BCUT2D eigenvalue weighted by Crippen LogP contribution is 2.41. The minimum absolute atomic E-state index is 0.0435. The molecule has 0 fully saturated rings. The van der Waals surface area contributed by atoms with Crippen LogP contribution in [0.5, 0.6) is 0 Å². The summed E-state index contributed by atoms with van der Waals surface area (Å²) < 4.78 is 5.84. The first-order chi connectivity index (χ1) is 12.4. The molecule has 0 saturated carbocycles. The number of aliphatic hydroxyl groups excluding tert-OH is 1. The molecule has 142 valence electrons. The number of pyridine rings is 1. The average molecular weight is 386 g/mol. The number of ketones is 1. The van der Waals surface area contributed by atoms with Crippen LogP contribution >= 0.6 is 11.6 Å². The predicted molar refractivity (Wildman–Crippen MR) is 108 cm³/mol. The lowest BCUT2D eigenvalue weighted by molar-refractivity contribution is -0.158. The molecule has 4 nitrogen and oxygen atoms in total. The first-order valence-corrected chi connectivity index (χ1v) is 9.24. The zero-order valence-corrected chi connectivity index (χ0v) is 17.2. The number of aromatic nitrogens is 1. The molecule has 1 aromatic heterocycles. The number of nitrogens with zero attached hydrogens (tertiary/aromatic N) is 1. The number of carbonyl (C=O) groups excluding carboxylic acids is 1. The number of halogens is 1. The highest BCUT2D eigenvalue weighted by molar-refractivity contribution is 6.29. The van der Waals surface area contributed by atoms with Gasteiger partial charge in [-0.1, -0.05) is 23.7 Å². The summed E-state index contributed by atoms with van der Waals surface area (Å²) in [5.74, 6) is -0.274.